The molecule has 0 fully saturated rings. The van der Waals surface area contributed by atoms with Crippen LogP contribution in [0.3, 0.4) is 0 Å². The van der Waals surface area contributed by atoms with E-state index >= 15 is 0 Å². The van der Waals surface area contributed by atoms with Gasteiger partial charge in [0, 0.05) is 5.56 Å². The maximum absolute atomic E-state index is 14.0. The molecule has 0 radical (unpaired) electrons. The van der Waals surface area contributed by atoms with Crippen molar-refractivity contribution in [1.82, 2.24) is 0 Å². The summed E-state index contributed by atoms with van der Waals surface area (Å²) in [6.45, 7) is 2.21. The number of ether oxygens (including phenoxy) is 1. The van der Waals surface area contributed by atoms with Crippen molar-refractivity contribution in [3.63, 3.8) is 0 Å². The van der Waals surface area contributed by atoms with Gasteiger partial charge in [-0.3, -0.25) is 0 Å². The van der Waals surface area contributed by atoms with Gasteiger partial charge in [0.15, 0.2) is 23.2 Å². The molecule has 132 valence electrons. The molecular weight excluding hydrogens is 337 g/mol. The average molecular weight is 354 g/mol. The van der Waals surface area contributed by atoms with Crippen molar-refractivity contribution in [3.8, 4) is 16.9 Å². The average Bonchev–Trinajstić information content (AvgIpc) is 2.65. The van der Waals surface area contributed by atoms with Crippen LogP contribution in [-0.2, 0) is 0 Å². The van der Waals surface area contributed by atoms with Crippen molar-refractivity contribution in [3.05, 3.63) is 89.2 Å². The van der Waals surface area contributed by atoms with E-state index in [-0.39, 0.29) is 11.3 Å². The zero-order chi connectivity index (χ0) is 18.5. The summed E-state index contributed by atoms with van der Waals surface area (Å²) in [4.78, 5) is 0. The molecule has 0 heterocycles. The van der Waals surface area contributed by atoms with E-state index in [1.54, 1.807) is 25.1 Å². The summed E-state index contributed by atoms with van der Waals surface area (Å²) in [5, 5.41) is 0. The van der Waals surface area contributed by atoms with Crippen LogP contribution in [0.1, 0.15) is 18.1 Å². The van der Waals surface area contributed by atoms with Gasteiger partial charge < -0.3 is 4.74 Å². The van der Waals surface area contributed by atoms with Crippen molar-refractivity contribution in [2.45, 2.75) is 6.92 Å². The Labute approximate surface area is 150 Å². The van der Waals surface area contributed by atoms with E-state index in [1.807, 2.05) is 24.3 Å². The highest BCUT2D eigenvalue weighted by molar-refractivity contribution is 5.72. The molecule has 0 saturated carbocycles. The molecule has 3 aromatic rings. The molecule has 0 amide bonds. The van der Waals surface area contributed by atoms with Gasteiger partial charge in [-0.2, -0.15) is 0 Å². The number of benzene rings is 3. The van der Waals surface area contributed by atoms with E-state index < -0.39 is 17.5 Å². The minimum absolute atomic E-state index is 0.183. The van der Waals surface area contributed by atoms with Gasteiger partial charge in [-0.25, -0.2) is 13.2 Å². The Hall–Kier alpha value is -3.01. The molecule has 26 heavy (non-hydrogen) atoms. The van der Waals surface area contributed by atoms with Crippen LogP contribution >= 0.6 is 0 Å². The highest BCUT2D eigenvalue weighted by Crippen LogP contribution is 2.26. The first-order chi connectivity index (χ1) is 12.6. The normalized spacial score (nSPS) is 11.1. The van der Waals surface area contributed by atoms with Crippen LogP contribution < -0.4 is 4.74 Å². The van der Waals surface area contributed by atoms with Gasteiger partial charge in [0.1, 0.15) is 0 Å². The molecule has 1 nitrogen and oxygen atoms in total. The molecule has 3 rings (SSSR count). The molecule has 0 aliphatic heterocycles. The number of hydrogen-bond donors (Lipinski definition) is 0. The lowest BCUT2D eigenvalue weighted by Gasteiger charge is -2.07. The van der Waals surface area contributed by atoms with Gasteiger partial charge >= 0.3 is 0 Å². The molecule has 0 saturated heterocycles. The second kappa shape index (κ2) is 7.91. The summed E-state index contributed by atoms with van der Waals surface area (Å²) in [5.74, 6) is -1.92. The second-order valence-electron chi connectivity index (χ2n) is 5.68. The summed E-state index contributed by atoms with van der Waals surface area (Å²) >= 11 is 0. The van der Waals surface area contributed by atoms with Crippen LogP contribution in [0.4, 0.5) is 13.2 Å². The van der Waals surface area contributed by atoms with Crippen molar-refractivity contribution in [2.75, 3.05) is 6.61 Å². The molecule has 3 aromatic carbocycles. The van der Waals surface area contributed by atoms with E-state index in [0.717, 1.165) is 22.8 Å². The van der Waals surface area contributed by atoms with Gasteiger partial charge in [-0.1, -0.05) is 54.6 Å². The van der Waals surface area contributed by atoms with Crippen LogP contribution in [0.5, 0.6) is 5.75 Å². The largest absolute Gasteiger partial charge is 0.491 e. The summed E-state index contributed by atoms with van der Waals surface area (Å²) in [6.07, 6.45) is 3.21. The Morgan fingerprint density at radius 1 is 0.808 bits per heavy atom. The van der Waals surface area contributed by atoms with Crippen molar-refractivity contribution in [2.24, 2.45) is 0 Å². The molecule has 0 aromatic heterocycles. The smallest absolute Gasteiger partial charge is 0.166 e. The lowest BCUT2D eigenvalue weighted by molar-refractivity contribution is 0.321. The zero-order valence-electron chi connectivity index (χ0n) is 14.2. The minimum Gasteiger partial charge on any atom is -0.491 e. The quantitative estimate of drug-likeness (QED) is 0.486. The number of rotatable bonds is 5. The molecule has 0 aliphatic rings. The van der Waals surface area contributed by atoms with Gasteiger partial charge in [-0.05, 0) is 41.8 Å². The van der Waals surface area contributed by atoms with E-state index in [1.165, 1.54) is 24.3 Å². The Morgan fingerprint density at radius 3 is 2.23 bits per heavy atom. The van der Waals surface area contributed by atoms with E-state index in [9.17, 15) is 13.2 Å². The van der Waals surface area contributed by atoms with Crippen LogP contribution in [0, 0.1) is 17.5 Å². The van der Waals surface area contributed by atoms with E-state index in [2.05, 4.69) is 0 Å². The third kappa shape index (κ3) is 3.97. The molecule has 0 atom stereocenters. The fourth-order valence-corrected chi connectivity index (χ4v) is 2.57. The molecule has 0 aliphatic carbocycles. The van der Waals surface area contributed by atoms with Crippen molar-refractivity contribution in [1.29, 1.82) is 0 Å². The highest BCUT2D eigenvalue weighted by Gasteiger charge is 2.06. The Kier molecular flexibility index (Phi) is 5.42. The Balaban J connectivity index is 1.79. The lowest BCUT2D eigenvalue weighted by Crippen LogP contribution is -1.94. The molecule has 0 unspecified atom stereocenters. The summed E-state index contributed by atoms with van der Waals surface area (Å²) in [7, 11) is 0. The minimum atomic E-state index is -0.875. The Bertz CT molecular complexity index is 931. The number of hydrogen-bond acceptors (Lipinski definition) is 1. The third-order valence-corrected chi connectivity index (χ3v) is 3.91. The molecule has 0 N–H and O–H groups in total. The maximum Gasteiger partial charge on any atom is 0.166 e. The molecule has 4 heteroatoms. The van der Waals surface area contributed by atoms with E-state index in [0.29, 0.717) is 6.61 Å². The first-order valence-electron chi connectivity index (χ1n) is 8.23. The monoisotopic (exact) mass is 354 g/mol. The van der Waals surface area contributed by atoms with E-state index in [4.69, 9.17) is 4.74 Å². The zero-order valence-corrected chi connectivity index (χ0v) is 14.2. The SMILES string of the molecule is CCOc1ccc(-c2ccc(/C=C/c3cccc(F)c3F)cc2)cc1F. The summed E-state index contributed by atoms with van der Waals surface area (Å²) in [5.41, 5.74) is 2.59. The molecule has 0 bridgehead atoms. The van der Waals surface area contributed by atoms with Crippen LogP contribution in [0.25, 0.3) is 23.3 Å². The van der Waals surface area contributed by atoms with Crippen molar-refractivity contribution < 1.29 is 17.9 Å². The fourth-order valence-electron chi connectivity index (χ4n) is 2.57. The van der Waals surface area contributed by atoms with Gasteiger partial charge in [-0.15, -0.1) is 0 Å². The number of halogens is 3. The Morgan fingerprint density at radius 2 is 1.54 bits per heavy atom. The standard InChI is InChI=1S/C22H17F3O/c1-2-26-21-13-12-18(14-20(21)24)16-9-6-15(7-10-16)8-11-17-4-3-5-19(23)22(17)25/h3-14H,2H2,1H3/b11-8+. The van der Waals surface area contributed by atoms with Crippen molar-refractivity contribution >= 4 is 12.2 Å². The summed E-state index contributed by atoms with van der Waals surface area (Å²) in [6, 6.07) is 16.2. The predicted octanol–water partition coefficient (Wildman–Crippen LogP) is 6.34. The topological polar surface area (TPSA) is 9.23 Å². The third-order valence-electron chi connectivity index (χ3n) is 3.91. The van der Waals surface area contributed by atoms with Crippen LogP contribution in [-0.4, -0.2) is 6.61 Å². The summed E-state index contributed by atoms with van der Waals surface area (Å²) < 4.78 is 46.0. The first-order valence-corrected chi connectivity index (χ1v) is 8.23. The highest BCUT2D eigenvalue weighted by atomic mass is 19.2. The van der Waals surface area contributed by atoms with Gasteiger partial charge in [0.25, 0.3) is 0 Å². The predicted molar refractivity (Wildman–Crippen MR) is 98.3 cm³/mol. The maximum atomic E-state index is 14.0. The first kappa shape index (κ1) is 17.8. The molecule has 0 spiro atoms. The molecular formula is C22H17F3O. The van der Waals surface area contributed by atoms with Gasteiger partial charge in [0.2, 0.25) is 0 Å². The second-order valence-corrected chi connectivity index (χ2v) is 5.68. The van der Waals surface area contributed by atoms with Crippen LogP contribution in [0.15, 0.2) is 60.7 Å². The fraction of sp³-hybridized carbons (Fsp3) is 0.0909. The van der Waals surface area contributed by atoms with Gasteiger partial charge in [0.05, 0.1) is 6.61 Å². The lowest BCUT2D eigenvalue weighted by atomic mass is 10.0. The van der Waals surface area contributed by atoms with Crippen LogP contribution in [0.2, 0.25) is 0 Å².